The molecule has 0 saturated heterocycles. The molecule has 1 aromatic rings. The molecule has 5 heteroatoms. The van der Waals surface area contributed by atoms with Gasteiger partial charge in [-0.05, 0) is 43.5 Å². The third-order valence-corrected chi connectivity index (χ3v) is 2.99. The minimum Gasteiger partial charge on any atom is -0.493 e. The molecule has 1 atom stereocenters. The molecule has 0 spiro atoms. The lowest BCUT2D eigenvalue weighted by Gasteiger charge is -2.14. The highest BCUT2D eigenvalue weighted by Crippen LogP contribution is 2.31. The van der Waals surface area contributed by atoms with Gasteiger partial charge in [0.2, 0.25) is 0 Å². The van der Waals surface area contributed by atoms with Gasteiger partial charge in [0.05, 0.1) is 26.9 Å². The summed E-state index contributed by atoms with van der Waals surface area (Å²) in [6, 6.07) is 5.60. The summed E-state index contributed by atoms with van der Waals surface area (Å²) >= 11 is 0. The van der Waals surface area contributed by atoms with Crippen LogP contribution in [0.3, 0.4) is 0 Å². The predicted molar refractivity (Wildman–Crippen MR) is 73.7 cm³/mol. The standard InChI is InChI=1S/C15H19NO4/c1-5-20-15(17)12(9-16)7-11-8-14(19-4)13(18-3)6-10(11)2/h6,8,12H,5,7H2,1-4H3. The first-order valence-electron chi connectivity index (χ1n) is 6.35. The first-order chi connectivity index (χ1) is 9.57. The maximum atomic E-state index is 11.7. The topological polar surface area (TPSA) is 68.6 Å². The Morgan fingerprint density at radius 3 is 2.40 bits per heavy atom. The number of hydrogen-bond donors (Lipinski definition) is 0. The van der Waals surface area contributed by atoms with Gasteiger partial charge in [0.15, 0.2) is 11.5 Å². The number of hydrogen-bond acceptors (Lipinski definition) is 5. The summed E-state index contributed by atoms with van der Waals surface area (Å²) < 4.78 is 15.3. The first-order valence-corrected chi connectivity index (χ1v) is 6.35. The maximum Gasteiger partial charge on any atom is 0.323 e. The van der Waals surface area contributed by atoms with E-state index in [4.69, 9.17) is 19.5 Å². The number of carbonyl (C=O) groups is 1. The number of nitriles is 1. The van der Waals surface area contributed by atoms with E-state index in [2.05, 4.69) is 0 Å². The summed E-state index contributed by atoms with van der Waals surface area (Å²) in [5.74, 6) is -0.108. The first kappa shape index (κ1) is 15.8. The molecule has 0 heterocycles. The van der Waals surface area contributed by atoms with E-state index in [0.29, 0.717) is 17.9 Å². The third kappa shape index (κ3) is 3.64. The van der Waals surface area contributed by atoms with E-state index in [0.717, 1.165) is 11.1 Å². The quantitative estimate of drug-likeness (QED) is 0.746. The Hall–Kier alpha value is -2.22. The number of ether oxygens (including phenoxy) is 3. The molecule has 0 aliphatic heterocycles. The summed E-state index contributed by atoms with van der Waals surface area (Å²) in [4.78, 5) is 11.7. The summed E-state index contributed by atoms with van der Waals surface area (Å²) in [5.41, 5.74) is 1.80. The van der Waals surface area contributed by atoms with Crippen LogP contribution in [0, 0.1) is 24.2 Å². The Balaban J connectivity index is 3.02. The van der Waals surface area contributed by atoms with Crippen LogP contribution < -0.4 is 9.47 Å². The zero-order valence-corrected chi connectivity index (χ0v) is 12.2. The number of methoxy groups -OCH3 is 2. The summed E-state index contributed by atoms with van der Waals surface area (Å²) in [7, 11) is 3.11. The molecule has 0 fully saturated rings. The van der Waals surface area contributed by atoms with E-state index >= 15 is 0 Å². The second-order valence-corrected chi connectivity index (χ2v) is 4.27. The van der Waals surface area contributed by atoms with Crippen molar-refractivity contribution in [2.75, 3.05) is 20.8 Å². The molecule has 1 aromatic carbocycles. The van der Waals surface area contributed by atoms with Crippen LogP contribution in [0.4, 0.5) is 0 Å². The van der Waals surface area contributed by atoms with E-state index in [1.54, 1.807) is 27.2 Å². The molecule has 108 valence electrons. The van der Waals surface area contributed by atoms with E-state index < -0.39 is 11.9 Å². The van der Waals surface area contributed by atoms with Gasteiger partial charge < -0.3 is 14.2 Å². The Kier molecular flexibility index (Phi) is 5.85. The number of nitrogens with zero attached hydrogens (tertiary/aromatic N) is 1. The van der Waals surface area contributed by atoms with Crippen LogP contribution in [0.2, 0.25) is 0 Å². The number of rotatable bonds is 6. The molecule has 0 bridgehead atoms. The van der Waals surface area contributed by atoms with Gasteiger partial charge in [0.25, 0.3) is 0 Å². The largest absolute Gasteiger partial charge is 0.493 e. The molecule has 0 radical (unpaired) electrons. The average molecular weight is 277 g/mol. The highest BCUT2D eigenvalue weighted by Gasteiger charge is 2.21. The van der Waals surface area contributed by atoms with Crippen molar-refractivity contribution in [2.45, 2.75) is 20.3 Å². The van der Waals surface area contributed by atoms with Gasteiger partial charge in [-0.3, -0.25) is 4.79 Å². The average Bonchev–Trinajstić information content (AvgIpc) is 2.45. The van der Waals surface area contributed by atoms with Gasteiger partial charge in [-0.25, -0.2) is 0 Å². The highest BCUT2D eigenvalue weighted by atomic mass is 16.5. The van der Waals surface area contributed by atoms with Crippen molar-refractivity contribution in [1.29, 1.82) is 5.26 Å². The maximum absolute atomic E-state index is 11.7. The van der Waals surface area contributed by atoms with Crippen molar-refractivity contribution in [3.05, 3.63) is 23.3 Å². The molecular weight excluding hydrogens is 258 g/mol. The molecule has 5 nitrogen and oxygen atoms in total. The fraction of sp³-hybridized carbons (Fsp3) is 0.467. The molecule has 0 N–H and O–H groups in total. The van der Waals surface area contributed by atoms with E-state index in [-0.39, 0.29) is 6.61 Å². The van der Waals surface area contributed by atoms with Gasteiger partial charge in [-0.2, -0.15) is 5.26 Å². The fourth-order valence-electron chi connectivity index (χ4n) is 1.89. The Bertz CT molecular complexity index is 519. The normalized spacial score (nSPS) is 11.3. The Morgan fingerprint density at radius 1 is 1.30 bits per heavy atom. The predicted octanol–water partition coefficient (Wildman–Crippen LogP) is 2.26. The summed E-state index contributed by atoms with van der Waals surface area (Å²) in [6.45, 7) is 3.88. The summed E-state index contributed by atoms with van der Waals surface area (Å²) in [5, 5.41) is 9.10. The van der Waals surface area contributed by atoms with Crippen LogP contribution >= 0.6 is 0 Å². The second-order valence-electron chi connectivity index (χ2n) is 4.27. The smallest absolute Gasteiger partial charge is 0.323 e. The molecule has 0 amide bonds. The Morgan fingerprint density at radius 2 is 1.90 bits per heavy atom. The van der Waals surface area contributed by atoms with E-state index in [1.165, 1.54) is 0 Å². The van der Waals surface area contributed by atoms with E-state index in [9.17, 15) is 4.79 Å². The van der Waals surface area contributed by atoms with Crippen molar-refractivity contribution in [2.24, 2.45) is 5.92 Å². The molecule has 1 unspecified atom stereocenters. The van der Waals surface area contributed by atoms with Gasteiger partial charge in [-0.15, -0.1) is 0 Å². The van der Waals surface area contributed by atoms with Crippen molar-refractivity contribution >= 4 is 5.97 Å². The van der Waals surface area contributed by atoms with E-state index in [1.807, 2.05) is 19.1 Å². The van der Waals surface area contributed by atoms with Crippen LogP contribution in [-0.2, 0) is 16.0 Å². The van der Waals surface area contributed by atoms with Crippen LogP contribution in [0.1, 0.15) is 18.1 Å². The number of carbonyl (C=O) groups excluding carboxylic acids is 1. The van der Waals surface area contributed by atoms with Gasteiger partial charge in [-0.1, -0.05) is 0 Å². The molecular formula is C15H19NO4. The van der Waals surface area contributed by atoms with Gasteiger partial charge in [0, 0.05) is 0 Å². The number of esters is 1. The van der Waals surface area contributed by atoms with Crippen molar-refractivity contribution in [3.8, 4) is 17.6 Å². The lowest BCUT2D eigenvalue weighted by Crippen LogP contribution is -2.19. The SMILES string of the molecule is CCOC(=O)C(C#N)Cc1cc(OC)c(OC)cc1C. The van der Waals surface area contributed by atoms with Crippen molar-refractivity contribution in [1.82, 2.24) is 0 Å². The zero-order chi connectivity index (χ0) is 15.1. The molecule has 0 aromatic heterocycles. The molecule has 0 aliphatic rings. The second kappa shape index (κ2) is 7.39. The van der Waals surface area contributed by atoms with Crippen molar-refractivity contribution < 1.29 is 19.0 Å². The molecule has 20 heavy (non-hydrogen) atoms. The summed E-state index contributed by atoms with van der Waals surface area (Å²) in [6.07, 6.45) is 0.293. The van der Waals surface area contributed by atoms with Gasteiger partial charge >= 0.3 is 5.97 Å². The minimum absolute atomic E-state index is 0.266. The Labute approximate surface area is 119 Å². The number of aryl methyl sites for hydroxylation is 1. The van der Waals surface area contributed by atoms with Crippen LogP contribution in [0.25, 0.3) is 0 Å². The highest BCUT2D eigenvalue weighted by molar-refractivity contribution is 5.75. The lowest BCUT2D eigenvalue weighted by atomic mass is 9.96. The molecule has 1 rings (SSSR count). The molecule has 0 saturated carbocycles. The zero-order valence-electron chi connectivity index (χ0n) is 12.2. The van der Waals surface area contributed by atoms with Gasteiger partial charge in [0.1, 0.15) is 5.92 Å². The van der Waals surface area contributed by atoms with Crippen LogP contribution in [-0.4, -0.2) is 26.8 Å². The third-order valence-electron chi connectivity index (χ3n) is 2.99. The van der Waals surface area contributed by atoms with Crippen LogP contribution in [0.15, 0.2) is 12.1 Å². The molecule has 0 aliphatic carbocycles. The fourth-order valence-corrected chi connectivity index (χ4v) is 1.89. The monoisotopic (exact) mass is 277 g/mol. The minimum atomic E-state index is -0.813. The lowest BCUT2D eigenvalue weighted by molar-refractivity contribution is -0.145. The van der Waals surface area contributed by atoms with Crippen molar-refractivity contribution in [3.63, 3.8) is 0 Å². The number of benzene rings is 1. The van der Waals surface area contributed by atoms with Crippen LogP contribution in [0.5, 0.6) is 11.5 Å².